The predicted octanol–water partition coefficient (Wildman–Crippen LogP) is 3.17. The Hall–Kier alpha value is -1.33. The molecular formula is C12H13NO2S2. The second-order valence-electron chi connectivity index (χ2n) is 3.77. The van der Waals surface area contributed by atoms with Crippen LogP contribution in [0.15, 0.2) is 41.3 Å². The van der Waals surface area contributed by atoms with Crippen LogP contribution in [0.1, 0.15) is 10.4 Å². The highest BCUT2D eigenvalue weighted by molar-refractivity contribution is 7.93. The van der Waals surface area contributed by atoms with Crippen molar-refractivity contribution < 1.29 is 8.42 Å². The van der Waals surface area contributed by atoms with Gasteiger partial charge in [-0.15, -0.1) is 11.3 Å². The fourth-order valence-corrected chi connectivity index (χ4v) is 3.65. The molecule has 0 bridgehead atoms. The van der Waals surface area contributed by atoms with Crippen molar-refractivity contribution in [3.8, 4) is 0 Å². The van der Waals surface area contributed by atoms with Gasteiger partial charge < -0.3 is 0 Å². The summed E-state index contributed by atoms with van der Waals surface area (Å²) in [6, 6.07) is 10.2. The number of benzene rings is 1. The van der Waals surface area contributed by atoms with Crippen molar-refractivity contribution in [3.63, 3.8) is 0 Å². The van der Waals surface area contributed by atoms with Gasteiger partial charge >= 0.3 is 0 Å². The molecule has 0 aliphatic rings. The van der Waals surface area contributed by atoms with Gasteiger partial charge in [0.25, 0.3) is 10.0 Å². The topological polar surface area (TPSA) is 46.2 Å². The minimum absolute atomic E-state index is 0.281. The third kappa shape index (κ3) is 2.68. The summed E-state index contributed by atoms with van der Waals surface area (Å²) in [5.41, 5.74) is 1.10. The molecule has 2 rings (SSSR count). The maximum Gasteiger partial charge on any atom is 0.262 e. The fourth-order valence-electron chi connectivity index (χ4n) is 1.41. The van der Waals surface area contributed by atoms with E-state index < -0.39 is 10.0 Å². The first-order chi connectivity index (χ1) is 7.99. The van der Waals surface area contributed by atoms with Crippen molar-refractivity contribution in [2.75, 3.05) is 4.72 Å². The van der Waals surface area contributed by atoms with Crippen molar-refractivity contribution in [2.24, 2.45) is 0 Å². The van der Waals surface area contributed by atoms with Crippen LogP contribution < -0.4 is 4.72 Å². The molecule has 0 spiro atoms. The lowest BCUT2D eigenvalue weighted by atomic mass is 10.3. The van der Waals surface area contributed by atoms with Crippen LogP contribution in [0.3, 0.4) is 0 Å². The Kier molecular flexibility index (Phi) is 3.22. The van der Waals surface area contributed by atoms with Gasteiger partial charge in [-0.2, -0.15) is 0 Å². The third-order valence-corrected chi connectivity index (χ3v) is 5.03. The fraction of sp³-hybridized carbons (Fsp3) is 0.167. The number of rotatable bonds is 3. The summed E-state index contributed by atoms with van der Waals surface area (Å²) in [7, 11) is -3.46. The molecule has 0 aliphatic heterocycles. The molecule has 0 radical (unpaired) electrons. The highest BCUT2D eigenvalue weighted by atomic mass is 32.2. The summed E-state index contributed by atoms with van der Waals surface area (Å²) >= 11 is 1.45. The Labute approximate surface area is 105 Å². The van der Waals surface area contributed by atoms with Gasteiger partial charge in [0.2, 0.25) is 0 Å². The summed E-state index contributed by atoms with van der Waals surface area (Å²) < 4.78 is 26.6. The lowest BCUT2D eigenvalue weighted by Crippen LogP contribution is -2.11. The molecular weight excluding hydrogens is 254 g/mol. The van der Waals surface area contributed by atoms with E-state index in [1.54, 1.807) is 30.3 Å². The maximum absolute atomic E-state index is 12.0. The van der Waals surface area contributed by atoms with Crippen LogP contribution in [0, 0.1) is 13.8 Å². The molecule has 5 heteroatoms. The molecule has 0 aliphatic carbocycles. The lowest BCUT2D eigenvalue weighted by molar-refractivity contribution is 0.601. The van der Waals surface area contributed by atoms with Gasteiger partial charge in [0, 0.05) is 4.88 Å². The van der Waals surface area contributed by atoms with Crippen LogP contribution in [0.2, 0.25) is 0 Å². The van der Waals surface area contributed by atoms with Crippen LogP contribution in [0.25, 0.3) is 0 Å². The number of thiophene rings is 1. The van der Waals surface area contributed by atoms with Gasteiger partial charge in [-0.3, -0.25) is 4.72 Å². The number of hydrogen-bond acceptors (Lipinski definition) is 3. The molecule has 17 heavy (non-hydrogen) atoms. The molecule has 0 fully saturated rings. The SMILES string of the molecule is Cc1cc(NS(=O)(=O)c2ccccc2)sc1C. The molecule has 2 aromatic rings. The van der Waals surface area contributed by atoms with E-state index in [0.29, 0.717) is 5.00 Å². The van der Waals surface area contributed by atoms with Gasteiger partial charge in [0.05, 0.1) is 4.90 Å². The summed E-state index contributed by atoms with van der Waals surface area (Å²) in [4.78, 5) is 1.40. The number of anilines is 1. The number of aryl methyl sites for hydroxylation is 2. The summed E-state index contributed by atoms with van der Waals surface area (Å²) in [6.45, 7) is 3.94. The predicted molar refractivity (Wildman–Crippen MR) is 71.0 cm³/mol. The maximum atomic E-state index is 12.0. The highest BCUT2D eigenvalue weighted by Crippen LogP contribution is 2.27. The van der Waals surface area contributed by atoms with Gasteiger partial charge in [0.15, 0.2) is 0 Å². The largest absolute Gasteiger partial charge is 0.270 e. The third-order valence-electron chi connectivity index (χ3n) is 2.45. The average Bonchev–Trinajstić information content (AvgIpc) is 2.58. The number of hydrogen-bond donors (Lipinski definition) is 1. The van der Waals surface area contributed by atoms with Gasteiger partial charge in [0.1, 0.15) is 5.00 Å². The molecule has 3 nitrogen and oxygen atoms in total. The van der Waals surface area contributed by atoms with Gasteiger partial charge in [-0.05, 0) is 37.6 Å². The minimum Gasteiger partial charge on any atom is -0.270 e. The highest BCUT2D eigenvalue weighted by Gasteiger charge is 2.14. The van der Waals surface area contributed by atoms with E-state index in [0.717, 1.165) is 10.4 Å². The van der Waals surface area contributed by atoms with E-state index in [1.165, 1.54) is 11.3 Å². The second-order valence-corrected chi connectivity index (χ2v) is 6.71. The molecule has 0 saturated heterocycles. The molecule has 1 aromatic carbocycles. The quantitative estimate of drug-likeness (QED) is 0.928. The summed E-state index contributed by atoms with van der Waals surface area (Å²) in [5, 5.41) is 0.656. The Morgan fingerprint density at radius 3 is 2.29 bits per heavy atom. The molecule has 0 atom stereocenters. The molecule has 1 aromatic heterocycles. The van der Waals surface area contributed by atoms with Crippen LogP contribution in [-0.4, -0.2) is 8.42 Å². The zero-order valence-electron chi connectivity index (χ0n) is 9.60. The zero-order chi connectivity index (χ0) is 12.5. The van der Waals surface area contributed by atoms with E-state index >= 15 is 0 Å². The molecule has 1 N–H and O–H groups in total. The monoisotopic (exact) mass is 267 g/mol. The zero-order valence-corrected chi connectivity index (χ0v) is 11.2. The standard InChI is InChI=1S/C12H13NO2S2/c1-9-8-12(16-10(9)2)13-17(14,15)11-6-4-3-5-7-11/h3-8,13H,1-2H3. The Balaban J connectivity index is 2.30. The van der Waals surface area contributed by atoms with E-state index in [-0.39, 0.29) is 4.90 Å². The van der Waals surface area contributed by atoms with Gasteiger partial charge in [-0.25, -0.2) is 8.42 Å². The smallest absolute Gasteiger partial charge is 0.262 e. The van der Waals surface area contributed by atoms with E-state index in [1.807, 2.05) is 19.9 Å². The first kappa shape index (κ1) is 12.1. The van der Waals surface area contributed by atoms with Crippen molar-refractivity contribution in [3.05, 3.63) is 46.8 Å². The molecule has 90 valence electrons. The average molecular weight is 267 g/mol. The van der Waals surface area contributed by atoms with Crippen molar-refractivity contribution >= 4 is 26.4 Å². The van der Waals surface area contributed by atoms with Gasteiger partial charge in [-0.1, -0.05) is 18.2 Å². The van der Waals surface area contributed by atoms with Crippen LogP contribution >= 0.6 is 11.3 Å². The first-order valence-electron chi connectivity index (χ1n) is 5.14. The van der Waals surface area contributed by atoms with Crippen molar-refractivity contribution in [1.82, 2.24) is 0 Å². The minimum atomic E-state index is -3.46. The molecule has 1 heterocycles. The molecule has 0 saturated carbocycles. The van der Waals surface area contributed by atoms with Crippen LogP contribution in [0.4, 0.5) is 5.00 Å². The Morgan fingerprint density at radius 2 is 1.76 bits per heavy atom. The summed E-state index contributed by atoms with van der Waals surface area (Å²) in [6.07, 6.45) is 0. The lowest BCUT2D eigenvalue weighted by Gasteiger charge is -2.04. The first-order valence-corrected chi connectivity index (χ1v) is 7.44. The van der Waals surface area contributed by atoms with E-state index in [4.69, 9.17) is 0 Å². The van der Waals surface area contributed by atoms with Crippen LogP contribution in [0.5, 0.6) is 0 Å². The number of nitrogens with one attached hydrogen (secondary N) is 1. The normalized spacial score (nSPS) is 11.4. The Bertz CT molecular complexity index is 596. The van der Waals surface area contributed by atoms with E-state index in [2.05, 4.69) is 4.72 Å². The van der Waals surface area contributed by atoms with Crippen molar-refractivity contribution in [2.45, 2.75) is 18.7 Å². The number of sulfonamides is 1. The molecule has 0 unspecified atom stereocenters. The van der Waals surface area contributed by atoms with E-state index in [9.17, 15) is 8.42 Å². The Morgan fingerprint density at radius 1 is 1.12 bits per heavy atom. The molecule has 0 amide bonds. The summed E-state index contributed by atoms with van der Waals surface area (Å²) in [5.74, 6) is 0. The second kappa shape index (κ2) is 4.50. The van der Waals surface area contributed by atoms with Crippen molar-refractivity contribution in [1.29, 1.82) is 0 Å². The van der Waals surface area contributed by atoms with Crippen LogP contribution in [-0.2, 0) is 10.0 Å².